The Balaban J connectivity index is 1.80. The topological polar surface area (TPSA) is 190 Å². The van der Waals surface area contributed by atoms with Crippen LogP contribution >= 0.6 is 0 Å². The number of aromatic hydroxyl groups is 3. The molecule has 0 bridgehead atoms. The summed E-state index contributed by atoms with van der Waals surface area (Å²) in [6.07, 6.45) is -7.98. The first kappa shape index (κ1) is 21.9. The molecule has 4 rings (SSSR count). The molecule has 0 aliphatic carbocycles. The molecule has 0 spiro atoms. The number of hydrogen-bond acceptors (Lipinski definition) is 11. The molecule has 1 aromatic heterocycles. The van der Waals surface area contributed by atoms with Crippen molar-refractivity contribution in [2.75, 3.05) is 6.61 Å². The lowest BCUT2D eigenvalue weighted by atomic mass is 9.99. The van der Waals surface area contributed by atoms with E-state index in [2.05, 4.69) is 0 Å². The predicted octanol–water partition coefficient (Wildman–Crippen LogP) is -0.245. The second-order valence-electron chi connectivity index (χ2n) is 7.29. The molecule has 170 valence electrons. The quantitative estimate of drug-likeness (QED) is 0.279. The summed E-state index contributed by atoms with van der Waals surface area (Å²) < 4.78 is 16.4. The van der Waals surface area contributed by atoms with Crippen molar-refractivity contribution in [3.63, 3.8) is 0 Å². The Hall–Kier alpha value is -3.35. The van der Waals surface area contributed by atoms with Crippen LogP contribution in [0.2, 0.25) is 0 Å². The van der Waals surface area contributed by atoms with Crippen LogP contribution in [0.5, 0.6) is 23.0 Å². The average Bonchev–Trinajstić information content (AvgIpc) is 2.77. The van der Waals surface area contributed by atoms with Crippen molar-refractivity contribution in [1.82, 2.24) is 0 Å². The minimum Gasteiger partial charge on any atom is -0.508 e. The van der Waals surface area contributed by atoms with Gasteiger partial charge in [0.1, 0.15) is 52.6 Å². The van der Waals surface area contributed by atoms with Gasteiger partial charge in [-0.3, -0.25) is 4.79 Å². The van der Waals surface area contributed by atoms with Crippen LogP contribution in [-0.4, -0.2) is 73.1 Å². The highest BCUT2D eigenvalue weighted by atomic mass is 16.7. The molecule has 1 aliphatic rings. The van der Waals surface area contributed by atoms with E-state index < -0.39 is 48.5 Å². The Morgan fingerprint density at radius 2 is 1.59 bits per heavy atom. The average molecular weight is 448 g/mol. The van der Waals surface area contributed by atoms with Crippen molar-refractivity contribution in [2.24, 2.45) is 0 Å². The Morgan fingerprint density at radius 1 is 0.906 bits per heavy atom. The molecule has 1 fully saturated rings. The zero-order chi connectivity index (χ0) is 23.2. The third-order valence-electron chi connectivity index (χ3n) is 5.14. The maximum absolute atomic E-state index is 12.9. The largest absolute Gasteiger partial charge is 0.508 e. The zero-order valence-electron chi connectivity index (χ0n) is 16.3. The summed E-state index contributed by atoms with van der Waals surface area (Å²) in [5.74, 6) is -1.75. The molecule has 1 aliphatic heterocycles. The smallest absolute Gasteiger partial charge is 0.238 e. The summed E-state index contributed by atoms with van der Waals surface area (Å²) in [5, 5.41) is 69.0. The SMILES string of the molecule is O=c1c(O)c(-c2ccc(O)cc2)oc2cc(O)cc(O[C@@H]3O[C@H](CO)[C@@H](O)[C@H](O)[C@H]3O)c12. The summed E-state index contributed by atoms with van der Waals surface area (Å²) in [5.41, 5.74) is -0.816. The molecule has 5 atom stereocenters. The second-order valence-corrected chi connectivity index (χ2v) is 7.29. The highest BCUT2D eigenvalue weighted by Gasteiger charge is 2.45. The van der Waals surface area contributed by atoms with Crippen LogP contribution in [-0.2, 0) is 4.74 Å². The standard InChI is InChI=1S/C21H20O11/c22-7-13-15(25)17(27)19(29)21(32-13)31-12-6-10(24)5-11-14(12)16(26)18(28)20(30-11)8-1-3-9(23)4-2-8/h1-6,13,15,17,19,21-25,27-29H,7H2/t13-,15-,17+,19-,21-/m1/s1. The molecule has 0 radical (unpaired) electrons. The number of rotatable bonds is 4. The molecular weight excluding hydrogens is 428 g/mol. The van der Waals surface area contributed by atoms with Crippen molar-refractivity contribution < 1.29 is 49.6 Å². The van der Waals surface area contributed by atoms with Gasteiger partial charge in [-0.2, -0.15) is 0 Å². The van der Waals surface area contributed by atoms with Gasteiger partial charge in [-0.05, 0) is 24.3 Å². The van der Waals surface area contributed by atoms with Gasteiger partial charge < -0.3 is 49.6 Å². The van der Waals surface area contributed by atoms with Crippen LogP contribution in [0.1, 0.15) is 0 Å². The van der Waals surface area contributed by atoms with E-state index in [1.54, 1.807) is 0 Å². The summed E-state index contributed by atoms with van der Waals surface area (Å²) in [6, 6.07) is 7.60. The van der Waals surface area contributed by atoms with Gasteiger partial charge in [0.2, 0.25) is 17.5 Å². The predicted molar refractivity (Wildman–Crippen MR) is 107 cm³/mol. The first-order chi connectivity index (χ1) is 15.2. The summed E-state index contributed by atoms with van der Waals surface area (Å²) in [7, 11) is 0. The number of aliphatic hydroxyl groups is 4. The molecule has 0 amide bonds. The molecule has 0 saturated carbocycles. The van der Waals surface area contributed by atoms with E-state index in [4.69, 9.17) is 13.9 Å². The fourth-order valence-corrected chi connectivity index (χ4v) is 3.45. The van der Waals surface area contributed by atoms with Crippen LogP contribution in [0.3, 0.4) is 0 Å². The van der Waals surface area contributed by atoms with Crippen LogP contribution in [0, 0.1) is 0 Å². The minimum atomic E-state index is -1.76. The summed E-state index contributed by atoms with van der Waals surface area (Å²) in [4.78, 5) is 12.9. The number of phenols is 2. The highest BCUT2D eigenvalue weighted by molar-refractivity contribution is 5.88. The molecule has 32 heavy (non-hydrogen) atoms. The van der Waals surface area contributed by atoms with E-state index in [1.807, 2.05) is 0 Å². The summed E-state index contributed by atoms with van der Waals surface area (Å²) in [6.45, 7) is -0.690. The van der Waals surface area contributed by atoms with Crippen LogP contribution in [0.25, 0.3) is 22.3 Å². The Bertz CT molecular complexity index is 1190. The third-order valence-corrected chi connectivity index (χ3v) is 5.14. The van der Waals surface area contributed by atoms with Crippen molar-refractivity contribution in [3.8, 4) is 34.3 Å². The number of hydrogen-bond donors (Lipinski definition) is 7. The maximum Gasteiger partial charge on any atom is 0.238 e. The molecule has 0 unspecified atom stereocenters. The lowest BCUT2D eigenvalue weighted by Gasteiger charge is -2.39. The number of aliphatic hydroxyl groups excluding tert-OH is 4. The highest BCUT2D eigenvalue weighted by Crippen LogP contribution is 2.37. The van der Waals surface area contributed by atoms with Crippen LogP contribution in [0.15, 0.2) is 45.6 Å². The number of fused-ring (bicyclic) bond motifs is 1. The number of benzene rings is 2. The van der Waals surface area contributed by atoms with Gasteiger partial charge in [0.25, 0.3) is 0 Å². The number of phenolic OH excluding ortho intramolecular Hbond substituents is 2. The molecule has 2 heterocycles. The van der Waals surface area contributed by atoms with E-state index in [1.165, 1.54) is 24.3 Å². The van der Waals surface area contributed by atoms with E-state index in [9.17, 15) is 40.5 Å². The lowest BCUT2D eigenvalue weighted by molar-refractivity contribution is -0.277. The first-order valence-electron chi connectivity index (χ1n) is 9.50. The van der Waals surface area contributed by atoms with Gasteiger partial charge in [0.15, 0.2) is 5.76 Å². The van der Waals surface area contributed by atoms with Crippen molar-refractivity contribution >= 4 is 11.0 Å². The monoisotopic (exact) mass is 448 g/mol. The number of ether oxygens (including phenoxy) is 2. The lowest BCUT2D eigenvalue weighted by Crippen LogP contribution is -2.60. The first-order valence-corrected chi connectivity index (χ1v) is 9.50. The van der Waals surface area contributed by atoms with Gasteiger partial charge in [0.05, 0.1) is 6.61 Å². The molecule has 3 aromatic rings. The van der Waals surface area contributed by atoms with Crippen molar-refractivity contribution in [1.29, 1.82) is 0 Å². The zero-order valence-corrected chi connectivity index (χ0v) is 16.3. The molecule has 11 nitrogen and oxygen atoms in total. The van der Waals surface area contributed by atoms with E-state index in [-0.39, 0.29) is 39.5 Å². The molecule has 2 aromatic carbocycles. The summed E-state index contributed by atoms with van der Waals surface area (Å²) >= 11 is 0. The molecule has 11 heteroatoms. The van der Waals surface area contributed by atoms with Crippen LogP contribution < -0.4 is 10.2 Å². The maximum atomic E-state index is 12.9. The fourth-order valence-electron chi connectivity index (χ4n) is 3.45. The Morgan fingerprint density at radius 3 is 2.25 bits per heavy atom. The molecular formula is C21H20O11. The van der Waals surface area contributed by atoms with Gasteiger partial charge in [-0.1, -0.05) is 0 Å². The van der Waals surface area contributed by atoms with Gasteiger partial charge in [-0.25, -0.2) is 0 Å². The molecule has 1 saturated heterocycles. The Kier molecular flexibility index (Phi) is 5.67. The minimum absolute atomic E-state index is 0.0377. The van der Waals surface area contributed by atoms with Crippen molar-refractivity contribution in [3.05, 3.63) is 46.6 Å². The van der Waals surface area contributed by atoms with E-state index in [0.717, 1.165) is 12.1 Å². The van der Waals surface area contributed by atoms with E-state index in [0.29, 0.717) is 0 Å². The van der Waals surface area contributed by atoms with Crippen LogP contribution in [0.4, 0.5) is 0 Å². The fraction of sp³-hybridized carbons (Fsp3) is 0.286. The van der Waals surface area contributed by atoms with Crippen molar-refractivity contribution in [2.45, 2.75) is 30.7 Å². The Labute approximate surface area is 179 Å². The van der Waals surface area contributed by atoms with Gasteiger partial charge >= 0.3 is 0 Å². The molecule has 7 N–H and O–H groups in total. The third kappa shape index (κ3) is 3.72. The van der Waals surface area contributed by atoms with Gasteiger partial charge in [-0.15, -0.1) is 0 Å². The van der Waals surface area contributed by atoms with E-state index >= 15 is 0 Å². The second kappa shape index (κ2) is 8.30. The van der Waals surface area contributed by atoms with Gasteiger partial charge in [0, 0.05) is 17.7 Å². The normalized spacial score (nSPS) is 25.7.